The number of carbonyl (C=O) groups is 1. The minimum absolute atomic E-state index is 0.0849. The molecule has 1 aromatic heterocycles. The summed E-state index contributed by atoms with van der Waals surface area (Å²) in [6.45, 7) is 0.341. The Balaban J connectivity index is 1.49. The number of carbonyl (C=O) groups excluding carboxylic acids is 1. The number of piperidine rings is 2. The quantitative estimate of drug-likeness (QED) is 0.922. The summed E-state index contributed by atoms with van der Waals surface area (Å²) in [4.78, 5) is 31.6. The zero-order chi connectivity index (χ0) is 17.4. The van der Waals surface area contributed by atoms with E-state index in [1.165, 1.54) is 10.9 Å². The number of benzene rings is 1. The summed E-state index contributed by atoms with van der Waals surface area (Å²) in [5.74, 6) is 0.0849. The van der Waals surface area contributed by atoms with Crippen LogP contribution in [0, 0.1) is 0 Å². The SMILES string of the molecule is O=C(CCn1cnc2ccccc2c1=O)N1[C@@H]2CCC[C@H]1CC(O)C2. The zero-order valence-corrected chi connectivity index (χ0v) is 14.2. The molecule has 3 heterocycles. The maximum atomic E-state index is 12.8. The third kappa shape index (κ3) is 3.06. The summed E-state index contributed by atoms with van der Waals surface area (Å²) in [5.41, 5.74) is 0.572. The van der Waals surface area contributed by atoms with Crippen LogP contribution in [0.4, 0.5) is 0 Å². The second-order valence-corrected chi connectivity index (χ2v) is 7.18. The van der Waals surface area contributed by atoms with E-state index >= 15 is 0 Å². The highest BCUT2D eigenvalue weighted by Gasteiger charge is 2.39. The molecule has 3 atom stereocenters. The van der Waals surface area contributed by atoms with Crippen molar-refractivity contribution in [1.82, 2.24) is 14.5 Å². The van der Waals surface area contributed by atoms with Gasteiger partial charge in [0, 0.05) is 25.0 Å². The molecule has 132 valence electrons. The highest BCUT2D eigenvalue weighted by molar-refractivity contribution is 5.78. The number of para-hydroxylation sites is 1. The van der Waals surface area contributed by atoms with Crippen molar-refractivity contribution in [1.29, 1.82) is 0 Å². The van der Waals surface area contributed by atoms with E-state index in [4.69, 9.17) is 0 Å². The number of hydrogen-bond donors (Lipinski definition) is 1. The Morgan fingerprint density at radius 3 is 2.68 bits per heavy atom. The predicted molar refractivity (Wildman–Crippen MR) is 94.1 cm³/mol. The summed E-state index contributed by atoms with van der Waals surface area (Å²) < 4.78 is 1.52. The van der Waals surface area contributed by atoms with Gasteiger partial charge in [-0.3, -0.25) is 14.2 Å². The first-order chi connectivity index (χ1) is 12.1. The average Bonchev–Trinajstić information content (AvgIpc) is 2.60. The van der Waals surface area contributed by atoms with Crippen LogP contribution in [0.2, 0.25) is 0 Å². The van der Waals surface area contributed by atoms with Crippen molar-refractivity contribution in [2.75, 3.05) is 0 Å². The van der Waals surface area contributed by atoms with Gasteiger partial charge in [0.2, 0.25) is 5.91 Å². The fourth-order valence-electron chi connectivity index (χ4n) is 4.37. The van der Waals surface area contributed by atoms with Crippen LogP contribution in [0.5, 0.6) is 0 Å². The van der Waals surface area contributed by atoms with Crippen molar-refractivity contribution < 1.29 is 9.90 Å². The molecule has 1 aromatic carbocycles. The van der Waals surface area contributed by atoms with E-state index in [-0.39, 0.29) is 29.7 Å². The zero-order valence-electron chi connectivity index (χ0n) is 14.2. The van der Waals surface area contributed by atoms with Crippen LogP contribution in [-0.2, 0) is 11.3 Å². The number of amides is 1. The van der Waals surface area contributed by atoms with Gasteiger partial charge in [-0.2, -0.15) is 0 Å². The Labute approximate surface area is 146 Å². The minimum atomic E-state index is -0.286. The number of aliphatic hydroxyl groups excluding tert-OH is 1. The lowest BCUT2D eigenvalue weighted by atomic mass is 9.82. The van der Waals surface area contributed by atoms with Crippen LogP contribution >= 0.6 is 0 Å². The van der Waals surface area contributed by atoms with Crippen molar-refractivity contribution in [2.24, 2.45) is 0 Å². The number of aromatic nitrogens is 2. The molecule has 0 aliphatic carbocycles. The van der Waals surface area contributed by atoms with Gasteiger partial charge in [-0.05, 0) is 44.2 Å². The number of hydrogen-bond acceptors (Lipinski definition) is 4. The molecule has 1 amide bonds. The van der Waals surface area contributed by atoms with Gasteiger partial charge in [-0.25, -0.2) is 4.98 Å². The molecule has 2 fully saturated rings. The van der Waals surface area contributed by atoms with Gasteiger partial charge < -0.3 is 10.0 Å². The molecule has 0 radical (unpaired) electrons. The first-order valence-electron chi connectivity index (χ1n) is 9.07. The molecule has 6 nitrogen and oxygen atoms in total. The predicted octanol–water partition coefficient (Wildman–Crippen LogP) is 1.69. The van der Waals surface area contributed by atoms with Crippen molar-refractivity contribution in [2.45, 2.75) is 63.3 Å². The third-order valence-corrected chi connectivity index (χ3v) is 5.54. The van der Waals surface area contributed by atoms with Crippen molar-refractivity contribution in [3.8, 4) is 0 Å². The van der Waals surface area contributed by atoms with E-state index in [0.29, 0.717) is 36.7 Å². The van der Waals surface area contributed by atoms with E-state index in [9.17, 15) is 14.7 Å². The molecule has 2 bridgehead atoms. The van der Waals surface area contributed by atoms with Gasteiger partial charge in [0.15, 0.2) is 0 Å². The number of nitrogens with zero attached hydrogens (tertiary/aromatic N) is 3. The standard InChI is InChI=1S/C19H23N3O3/c23-15-10-13-4-3-5-14(11-15)22(13)18(24)8-9-21-12-20-17-7-2-1-6-16(17)19(21)25/h1-2,6-7,12-15,23H,3-5,8-11H2/t13-,14+,15?. The van der Waals surface area contributed by atoms with Crippen LogP contribution < -0.4 is 5.56 Å². The van der Waals surface area contributed by atoms with Crippen molar-refractivity contribution in [3.63, 3.8) is 0 Å². The van der Waals surface area contributed by atoms with Crippen molar-refractivity contribution in [3.05, 3.63) is 40.9 Å². The highest BCUT2D eigenvalue weighted by atomic mass is 16.3. The molecular formula is C19H23N3O3. The molecule has 25 heavy (non-hydrogen) atoms. The summed E-state index contributed by atoms with van der Waals surface area (Å²) in [6.07, 6.45) is 5.96. The number of fused-ring (bicyclic) bond motifs is 3. The molecule has 2 aliphatic heterocycles. The summed E-state index contributed by atoms with van der Waals surface area (Å²) in [6, 6.07) is 7.56. The van der Waals surface area contributed by atoms with E-state index in [2.05, 4.69) is 4.98 Å². The normalized spacial score (nSPS) is 26.0. The molecule has 6 heteroatoms. The number of aliphatic hydroxyl groups is 1. The second kappa shape index (κ2) is 6.59. The van der Waals surface area contributed by atoms with Gasteiger partial charge in [0.05, 0.1) is 23.3 Å². The summed E-state index contributed by atoms with van der Waals surface area (Å²) in [7, 11) is 0. The molecular weight excluding hydrogens is 318 g/mol. The van der Waals surface area contributed by atoms with E-state index in [1.807, 2.05) is 23.1 Å². The van der Waals surface area contributed by atoms with Gasteiger partial charge in [0.25, 0.3) is 5.56 Å². The smallest absolute Gasteiger partial charge is 0.261 e. The van der Waals surface area contributed by atoms with Gasteiger partial charge in [-0.15, -0.1) is 0 Å². The molecule has 2 aliphatic rings. The van der Waals surface area contributed by atoms with Gasteiger partial charge in [-0.1, -0.05) is 12.1 Å². The lowest BCUT2D eigenvalue weighted by Crippen LogP contribution is -2.56. The van der Waals surface area contributed by atoms with Gasteiger partial charge >= 0.3 is 0 Å². The Morgan fingerprint density at radius 2 is 1.92 bits per heavy atom. The van der Waals surface area contributed by atoms with Crippen LogP contribution in [0.25, 0.3) is 10.9 Å². The summed E-state index contributed by atoms with van der Waals surface area (Å²) in [5, 5.41) is 10.5. The maximum absolute atomic E-state index is 12.8. The highest BCUT2D eigenvalue weighted by Crippen LogP contribution is 2.34. The molecule has 1 unspecified atom stereocenters. The molecule has 0 spiro atoms. The van der Waals surface area contributed by atoms with Gasteiger partial charge in [0.1, 0.15) is 0 Å². The Morgan fingerprint density at radius 1 is 1.20 bits per heavy atom. The lowest BCUT2D eigenvalue weighted by molar-refractivity contribution is -0.144. The second-order valence-electron chi connectivity index (χ2n) is 7.18. The molecule has 4 rings (SSSR count). The van der Waals surface area contributed by atoms with Crippen molar-refractivity contribution >= 4 is 16.8 Å². The monoisotopic (exact) mass is 341 g/mol. The largest absolute Gasteiger partial charge is 0.393 e. The molecule has 2 saturated heterocycles. The fourth-order valence-corrected chi connectivity index (χ4v) is 4.37. The summed E-state index contributed by atoms with van der Waals surface area (Å²) >= 11 is 0. The van der Waals surface area contributed by atoms with Crippen LogP contribution in [0.1, 0.15) is 38.5 Å². The van der Waals surface area contributed by atoms with E-state index in [1.54, 1.807) is 6.07 Å². The topological polar surface area (TPSA) is 75.4 Å². The van der Waals surface area contributed by atoms with E-state index < -0.39 is 0 Å². The Hall–Kier alpha value is -2.21. The Kier molecular flexibility index (Phi) is 4.29. The first-order valence-corrected chi connectivity index (χ1v) is 9.07. The van der Waals surface area contributed by atoms with E-state index in [0.717, 1.165) is 19.3 Å². The minimum Gasteiger partial charge on any atom is -0.393 e. The lowest BCUT2D eigenvalue weighted by Gasteiger charge is -2.47. The Bertz CT molecular complexity index is 833. The third-order valence-electron chi connectivity index (χ3n) is 5.54. The molecule has 2 aromatic rings. The average molecular weight is 341 g/mol. The molecule has 1 N–H and O–H groups in total. The van der Waals surface area contributed by atoms with Crippen LogP contribution in [0.15, 0.2) is 35.4 Å². The number of aryl methyl sites for hydroxylation is 1. The fraction of sp³-hybridized carbons (Fsp3) is 0.526. The van der Waals surface area contributed by atoms with Crippen LogP contribution in [0.3, 0.4) is 0 Å². The molecule has 0 saturated carbocycles. The maximum Gasteiger partial charge on any atom is 0.261 e. The number of rotatable bonds is 3. The first kappa shape index (κ1) is 16.3. The van der Waals surface area contributed by atoms with Crippen LogP contribution in [-0.4, -0.2) is 43.7 Å².